The van der Waals surface area contributed by atoms with Gasteiger partial charge in [-0.15, -0.1) is 12.4 Å². The van der Waals surface area contributed by atoms with Crippen molar-refractivity contribution in [2.75, 3.05) is 37.8 Å². The molecule has 0 bridgehead atoms. The van der Waals surface area contributed by atoms with Gasteiger partial charge in [-0.05, 0) is 57.1 Å². The van der Waals surface area contributed by atoms with E-state index in [9.17, 15) is 18.0 Å². The molecule has 1 aromatic carbocycles. The van der Waals surface area contributed by atoms with Crippen LogP contribution in [0.2, 0.25) is 0 Å². The Bertz CT molecular complexity index is 746. The Hall–Kier alpha value is -1.84. The van der Waals surface area contributed by atoms with E-state index >= 15 is 0 Å². The van der Waals surface area contributed by atoms with Crippen LogP contribution in [0.5, 0.6) is 5.75 Å². The van der Waals surface area contributed by atoms with Gasteiger partial charge in [-0.2, -0.15) is 0 Å². The number of nitrogens with one attached hydrogen (secondary N) is 3. The lowest BCUT2D eigenvalue weighted by molar-refractivity contribution is -0.126. The molecule has 1 aromatic rings. The molecule has 10 heteroatoms. The molecule has 1 saturated heterocycles. The third-order valence-electron chi connectivity index (χ3n) is 4.39. The highest BCUT2D eigenvalue weighted by Crippen LogP contribution is 2.27. The SMILES string of the molecule is CCOc1ccc(NC(=O)CNC(=O)C2(S(C)(=O)=O)CCNCC2)cc1.Cl. The smallest absolute Gasteiger partial charge is 0.243 e. The van der Waals surface area contributed by atoms with Crippen LogP contribution in [0, 0.1) is 0 Å². The molecule has 1 heterocycles. The van der Waals surface area contributed by atoms with Gasteiger partial charge in [0.15, 0.2) is 14.6 Å². The number of piperidine rings is 1. The summed E-state index contributed by atoms with van der Waals surface area (Å²) in [6.45, 7) is 3.02. The van der Waals surface area contributed by atoms with Gasteiger partial charge in [0.2, 0.25) is 11.8 Å². The van der Waals surface area contributed by atoms with Crippen LogP contribution < -0.4 is 20.7 Å². The van der Waals surface area contributed by atoms with Gasteiger partial charge in [-0.3, -0.25) is 9.59 Å². The summed E-state index contributed by atoms with van der Waals surface area (Å²) in [5, 5.41) is 8.16. The number of rotatable bonds is 7. The Labute approximate surface area is 165 Å². The van der Waals surface area contributed by atoms with Crippen molar-refractivity contribution in [2.24, 2.45) is 0 Å². The van der Waals surface area contributed by atoms with Gasteiger partial charge in [0.25, 0.3) is 0 Å². The van der Waals surface area contributed by atoms with E-state index in [1.165, 1.54) is 0 Å². The maximum absolute atomic E-state index is 12.5. The number of carbonyl (C=O) groups excluding carboxylic acids is 2. The predicted octanol–water partition coefficient (Wildman–Crippen LogP) is 0.729. The molecule has 0 saturated carbocycles. The van der Waals surface area contributed by atoms with Crippen molar-refractivity contribution in [1.29, 1.82) is 0 Å². The third-order valence-corrected chi connectivity index (χ3v) is 6.41. The number of sulfone groups is 1. The van der Waals surface area contributed by atoms with Crippen LogP contribution in [-0.4, -0.2) is 57.5 Å². The van der Waals surface area contributed by atoms with Crippen LogP contribution >= 0.6 is 12.4 Å². The van der Waals surface area contributed by atoms with Crippen molar-refractivity contribution >= 4 is 39.7 Å². The van der Waals surface area contributed by atoms with E-state index in [0.29, 0.717) is 31.1 Å². The third kappa shape index (κ3) is 5.82. The number of hydrogen-bond donors (Lipinski definition) is 3. The second kappa shape index (κ2) is 9.91. The standard InChI is InChI=1S/C17H25N3O5S.ClH/c1-3-25-14-6-4-13(5-7-14)20-15(21)12-19-16(22)17(26(2,23)24)8-10-18-11-9-17;/h4-7,18H,3,8-12H2,1-2H3,(H,19,22)(H,20,21);1H. The van der Waals surface area contributed by atoms with E-state index in [0.717, 1.165) is 6.26 Å². The molecular formula is C17H26ClN3O5S. The number of ether oxygens (including phenoxy) is 1. The molecule has 0 radical (unpaired) electrons. The first-order valence-electron chi connectivity index (χ1n) is 8.50. The van der Waals surface area contributed by atoms with Gasteiger partial charge in [0.05, 0.1) is 13.2 Å². The number of carbonyl (C=O) groups is 2. The zero-order valence-electron chi connectivity index (χ0n) is 15.4. The summed E-state index contributed by atoms with van der Waals surface area (Å²) in [6, 6.07) is 6.84. The molecule has 0 aromatic heterocycles. The zero-order valence-corrected chi connectivity index (χ0v) is 17.0. The highest BCUT2D eigenvalue weighted by Gasteiger charge is 2.48. The lowest BCUT2D eigenvalue weighted by Gasteiger charge is -2.34. The topological polar surface area (TPSA) is 114 Å². The highest BCUT2D eigenvalue weighted by molar-refractivity contribution is 7.92. The van der Waals surface area contributed by atoms with E-state index in [2.05, 4.69) is 16.0 Å². The molecule has 2 amide bonds. The molecule has 152 valence electrons. The van der Waals surface area contributed by atoms with Gasteiger partial charge >= 0.3 is 0 Å². The van der Waals surface area contributed by atoms with Crippen molar-refractivity contribution < 1.29 is 22.7 Å². The molecular weight excluding hydrogens is 394 g/mol. The normalized spacial score (nSPS) is 15.9. The first-order chi connectivity index (χ1) is 12.3. The molecule has 0 atom stereocenters. The summed E-state index contributed by atoms with van der Waals surface area (Å²) >= 11 is 0. The number of hydrogen-bond acceptors (Lipinski definition) is 6. The molecule has 1 aliphatic rings. The summed E-state index contributed by atoms with van der Waals surface area (Å²) < 4.78 is 28.2. The maximum atomic E-state index is 12.5. The second-order valence-corrected chi connectivity index (χ2v) is 8.53. The van der Waals surface area contributed by atoms with Crippen molar-refractivity contribution in [3.8, 4) is 5.75 Å². The summed E-state index contributed by atoms with van der Waals surface area (Å²) in [6.07, 6.45) is 1.45. The zero-order chi connectivity index (χ0) is 19.2. The minimum absolute atomic E-state index is 0. The molecule has 3 N–H and O–H groups in total. The van der Waals surface area contributed by atoms with Crippen LogP contribution in [0.4, 0.5) is 5.69 Å². The lowest BCUT2D eigenvalue weighted by atomic mass is 9.96. The van der Waals surface area contributed by atoms with Crippen LogP contribution in [-0.2, 0) is 19.4 Å². The minimum Gasteiger partial charge on any atom is -0.494 e. The molecule has 0 unspecified atom stereocenters. The first kappa shape index (κ1) is 23.2. The Kier molecular flexibility index (Phi) is 8.52. The second-order valence-electron chi connectivity index (χ2n) is 6.20. The van der Waals surface area contributed by atoms with Crippen molar-refractivity contribution in [3.05, 3.63) is 24.3 Å². The number of amides is 2. The number of anilines is 1. The molecule has 1 fully saturated rings. The summed E-state index contributed by atoms with van der Waals surface area (Å²) in [7, 11) is -3.60. The van der Waals surface area contributed by atoms with Crippen molar-refractivity contribution in [3.63, 3.8) is 0 Å². The van der Waals surface area contributed by atoms with Crippen molar-refractivity contribution in [2.45, 2.75) is 24.5 Å². The summed E-state index contributed by atoms with van der Waals surface area (Å²) in [5.74, 6) is -0.358. The van der Waals surface area contributed by atoms with Gasteiger partial charge in [-0.25, -0.2) is 8.42 Å². The van der Waals surface area contributed by atoms with Crippen LogP contribution in [0.15, 0.2) is 24.3 Å². The number of halogens is 1. The molecule has 1 aliphatic heterocycles. The van der Waals surface area contributed by atoms with Crippen LogP contribution in [0.1, 0.15) is 19.8 Å². The Morgan fingerprint density at radius 2 is 1.78 bits per heavy atom. The quantitative estimate of drug-likeness (QED) is 0.600. The summed E-state index contributed by atoms with van der Waals surface area (Å²) in [5.41, 5.74) is 0.562. The largest absolute Gasteiger partial charge is 0.494 e. The molecule has 8 nitrogen and oxygen atoms in total. The van der Waals surface area contributed by atoms with E-state index in [4.69, 9.17) is 4.74 Å². The average molecular weight is 420 g/mol. The van der Waals surface area contributed by atoms with Gasteiger partial charge in [0.1, 0.15) is 5.75 Å². The van der Waals surface area contributed by atoms with E-state index in [1.807, 2.05) is 6.92 Å². The fraction of sp³-hybridized carbons (Fsp3) is 0.529. The van der Waals surface area contributed by atoms with Crippen LogP contribution in [0.25, 0.3) is 0 Å². The monoisotopic (exact) mass is 419 g/mol. The lowest BCUT2D eigenvalue weighted by Crippen LogP contribution is -2.58. The fourth-order valence-electron chi connectivity index (χ4n) is 2.92. The minimum atomic E-state index is -3.60. The van der Waals surface area contributed by atoms with Gasteiger partial charge < -0.3 is 20.7 Å². The maximum Gasteiger partial charge on any atom is 0.243 e. The van der Waals surface area contributed by atoms with E-state index in [1.54, 1.807) is 24.3 Å². The van der Waals surface area contributed by atoms with Gasteiger partial charge in [0, 0.05) is 11.9 Å². The Morgan fingerprint density at radius 1 is 1.19 bits per heavy atom. The summed E-state index contributed by atoms with van der Waals surface area (Å²) in [4.78, 5) is 24.6. The van der Waals surface area contributed by atoms with E-state index in [-0.39, 0.29) is 31.8 Å². The first-order valence-corrected chi connectivity index (χ1v) is 10.4. The predicted molar refractivity (Wildman–Crippen MR) is 106 cm³/mol. The van der Waals surface area contributed by atoms with Gasteiger partial charge in [-0.1, -0.05) is 0 Å². The van der Waals surface area contributed by atoms with E-state index < -0.39 is 26.4 Å². The molecule has 0 aliphatic carbocycles. The Morgan fingerprint density at radius 3 is 2.30 bits per heavy atom. The fourth-order valence-corrected chi connectivity index (χ4v) is 4.28. The average Bonchev–Trinajstić information content (AvgIpc) is 2.61. The molecule has 2 rings (SSSR count). The molecule has 27 heavy (non-hydrogen) atoms. The Balaban J connectivity index is 0.00000364. The highest BCUT2D eigenvalue weighted by atomic mass is 35.5. The van der Waals surface area contributed by atoms with Crippen LogP contribution in [0.3, 0.4) is 0 Å². The van der Waals surface area contributed by atoms with Crippen molar-refractivity contribution in [1.82, 2.24) is 10.6 Å². The number of benzene rings is 1. The molecule has 0 spiro atoms.